The summed E-state index contributed by atoms with van der Waals surface area (Å²) in [5, 5.41) is 0.566. The minimum absolute atomic E-state index is 0.151. The molecule has 2 aromatic carbocycles. The molecule has 3 rings (SSSR count). The summed E-state index contributed by atoms with van der Waals surface area (Å²) in [5.41, 5.74) is 2.01. The highest BCUT2D eigenvalue weighted by molar-refractivity contribution is 6.30. The molecule has 0 fully saturated rings. The van der Waals surface area contributed by atoms with E-state index in [-0.39, 0.29) is 12.5 Å². The monoisotopic (exact) mass is 357 g/mol. The van der Waals surface area contributed by atoms with E-state index in [0.717, 1.165) is 5.56 Å². The van der Waals surface area contributed by atoms with Gasteiger partial charge in [-0.3, -0.25) is 4.79 Å². The van der Waals surface area contributed by atoms with Crippen molar-refractivity contribution in [2.75, 3.05) is 25.7 Å². The smallest absolute Gasteiger partial charge is 0.339 e. The average Bonchev–Trinajstić information content (AvgIpc) is 2.65. The van der Waals surface area contributed by atoms with Gasteiger partial charge in [0.25, 0.3) is 5.91 Å². The number of nitrogens with zero attached hydrogens (tertiary/aromatic N) is 1. The number of anilines is 1. The summed E-state index contributed by atoms with van der Waals surface area (Å²) in [5.74, 6) is -0.0817. The highest BCUT2D eigenvalue weighted by Crippen LogP contribution is 2.30. The van der Waals surface area contributed by atoms with E-state index >= 15 is 0 Å². The van der Waals surface area contributed by atoms with Crippen molar-refractivity contribution in [2.24, 2.45) is 0 Å². The molecule has 25 heavy (non-hydrogen) atoms. The first kappa shape index (κ1) is 17.0. The molecular formula is C19H16ClNO4. The first-order valence-corrected chi connectivity index (χ1v) is 7.97. The number of fused-ring (bicyclic) bond motifs is 1. The molecule has 0 unspecified atom stereocenters. The van der Waals surface area contributed by atoms with Gasteiger partial charge >= 0.3 is 5.97 Å². The van der Waals surface area contributed by atoms with Gasteiger partial charge in [-0.15, -0.1) is 0 Å². The van der Waals surface area contributed by atoms with E-state index in [4.69, 9.17) is 21.1 Å². The molecule has 0 bridgehead atoms. The Morgan fingerprint density at radius 3 is 2.72 bits per heavy atom. The molecule has 0 aliphatic carbocycles. The molecule has 128 valence electrons. The van der Waals surface area contributed by atoms with Crippen molar-refractivity contribution in [3.8, 4) is 5.75 Å². The van der Waals surface area contributed by atoms with Crippen LogP contribution < -0.4 is 9.64 Å². The van der Waals surface area contributed by atoms with Crippen LogP contribution in [0.2, 0.25) is 5.02 Å². The van der Waals surface area contributed by atoms with Gasteiger partial charge in [-0.1, -0.05) is 23.7 Å². The number of para-hydroxylation sites is 1. The molecule has 2 aromatic rings. The van der Waals surface area contributed by atoms with Crippen molar-refractivity contribution >= 4 is 35.2 Å². The maximum absolute atomic E-state index is 12.8. The van der Waals surface area contributed by atoms with Gasteiger partial charge < -0.3 is 14.4 Å². The minimum atomic E-state index is -0.499. The van der Waals surface area contributed by atoms with Gasteiger partial charge in [-0.2, -0.15) is 0 Å². The lowest BCUT2D eigenvalue weighted by molar-refractivity contribution is -0.115. The molecule has 1 heterocycles. The third-order valence-corrected chi connectivity index (χ3v) is 4.17. The number of rotatable bonds is 3. The fourth-order valence-electron chi connectivity index (χ4n) is 2.65. The molecule has 0 aromatic heterocycles. The molecule has 5 nitrogen and oxygen atoms in total. The Morgan fingerprint density at radius 2 is 1.96 bits per heavy atom. The molecule has 0 atom stereocenters. The van der Waals surface area contributed by atoms with E-state index in [2.05, 4.69) is 0 Å². The number of esters is 1. The van der Waals surface area contributed by atoms with E-state index in [0.29, 0.717) is 27.6 Å². The standard InChI is InChI=1S/C19H16ClNO4/c1-21(16-6-4-3-5-15(16)19(23)24-2)18(22)13-9-12-10-14(20)7-8-17(12)25-11-13/h3-10H,11H2,1-2H3. The van der Waals surface area contributed by atoms with Gasteiger partial charge in [0.2, 0.25) is 0 Å². The van der Waals surface area contributed by atoms with Crippen LogP contribution in [0.15, 0.2) is 48.0 Å². The highest BCUT2D eigenvalue weighted by atomic mass is 35.5. The van der Waals surface area contributed by atoms with Gasteiger partial charge in [0.15, 0.2) is 0 Å². The number of carbonyl (C=O) groups is 2. The SMILES string of the molecule is COC(=O)c1ccccc1N(C)C(=O)C1=Cc2cc(Cl)ccc2OC1. The second kappa shape index (κ2) is 6.99. The van der Waals surface area contributed by atoms with Crippen LogP contribution >= 0.6 is 11.6 Å². The lowest BCUT2D eigenvalue weighted by Crippen LogP contribution is -2.32. The molecule has 0 radical (unpaired) electrons. The summed E-state index contributed by atoms with van der Waals surface area (Å²) in [6.07, 6.45) is 1.75. The van der Waals surface area contributed by atoms with Crippen molar-refractivity contribution in [1.82, 2.24) is 0 Å². The summed E-state index contributed by atoms with van der Waals surface area (Å²) < 4.78 is 10.4. The third kappa shape index (κ3) is 3.37. The molecule has 1 aliphatic rings. The van der Waals surface area contributed by atoms with Crippen LogP contribution in [0.3, 0.4) is 0 Å². The topological polar surface area (TPSA) is 55.8 Å². The predicted molar refractivity (Wildman–Crippen MR) is 96.1 cm³/mol. The summed E-state index contributed by atoms with van der Waals surface area (Å²) >= 11 is 6.00. The van der Waals surface area contributed by atoms with Crippen LogP contribution in [-0.2, 0) is 9.53 Å². The summed E-state index contributed by atoms with van der Waals surface area (Å²) in [7, 11) is 2.91. The third-order valence-electron chi connectivity index (χ3n) is 3.93. The number of hydrogen-bond acceptors (Lipinski definition) is 4. The molecular weight excluding hydrogens is 342 g/mol. The summed E-state index contributed by atoms with van der Waals surface area (Å²) in [6.45, 7) is 0.151. The fraction of sp³-hybridized carbons (Fsp3) is 0.158. The maximum atomic E-state index is 12.8. The summed E-state index contributed by atoms with van der Waals surface area (Å²) in [4.78, 5) is 26.2. The Labute approximate surface area is 150 Å². The van der Waals surface area contributed by atoms with Gasteiger partial charge in [-0.25, -0.2) is 4.79 Å². The van der Waals surface area contributed by atoms with Gasteiger partial charge in [0, 0.05) is 17.6 Å². The van der Waals surface area contributed by atoms with E-state index in [1.165, 1.54) is 12.0 Å². The van der Waals surface area contributed by atoms with Crippen LogP contribution in [-0.4, -0.2) is 32.6 Å². The molecule has 0 saturated carbocycles. The number of likely N-dealkylation sites (N-methyl/N-ethyl adjacent to an activating group) is 1. The normalized spacial score (nSPS) is 12.5. The number of amides is 1. The molecule has 6 heteroatoms. The van der Waals surface area contributed by atoms with Crippen LogP contribution in [0.4, 0.5) is 5.69 Å². The first-order valence-electron chi connectivity index (χ1n) is 7.59. The molecule has 1 aliphatic heterocycles. The lowest BCUT2D eigenvalue weighted by Gasteiger charge is -2.24. The van der Waals surface area contributed by atoms with Gasteiger partial charge in [0.05, 0.1) is 23.9 Å². The Morgan fingerprint density at radius 1 is 1.20 bits per heavy atom. The Kier molecular flexibility index (Phi) is 4.76. The number of methoxy groups -OCH3 is 1. The predicted octanol–water partition coefficient (Wildman–Crippen LogP) is 3.57. The van der Waals surface area contributed by atoms with Crippen LogP contribution in [0.1, 0.15) is 15.9 Å². The van der Waals surface area contributed by atoms with Crippen molar-refractivity contribution in [2.45, 2.75) is 0 Å². The van der Waals surface area contributed by atoms with Crippen molar-refractivity contribution in [3.05, 3.63) is 64.2 Å². The van der Waals surface area contributed by atoms with E-state index in [1.54, 1.807) is 55.6 Å². The highest BCUT2D eigenvalue weighted by Gasteiger charge is 2.24. The Bertz CT molecular complexity index is 875. The van der Waals surface area contributed by atoms with E-state index in [1.807, 2.05) is 0 Å². The lowest BCUT2D eigenvalue weighted by atomic mass is 10.1. The zero-order chi connectivity index (χ0) is 18.0. The quantitative estimate of drug-likeness (QED) is 0.788. The van der Waals surface area contributed by atoms with Crippen molar-refractivity contribution < 1.29 is 19.1 Å². The minimum Gasteiger partial charge on any atom is -0.488 e. The summed E-state index contributed by atoms with van der Waals surface area (Å²) in [6, 6.07) is 12.0. The Balaban J connectivity index is 1.93. The maximum Gasteiger partial charge on any atom is 0.339 e. The molecule has 0 saturated heterocycles. The number of halogens is 1. The second-order valence-corrected chi connectivity index (χ2v) is 5.95. The first-order chi connectivity index (χ1) is 12.0. The van der Waals surface area contributed by atoms with Gasteiger partial charge in [0.1, 0.15) is 12.4 Å². The van der Waals surface area contributed by atoms with Crippen LogP contribution in [0, 0.1) is 0 Å². The number of carbonyl (C=O) groups excluding carboxylic acids is 2. The molecule has 0 spiro atoms. The molecule has 0 N–H and O–H groups in total. The van der Waals surface area contributed by atoms with Crippen molar-refractivity contribution in [1.29, 1.82) is 0 Å². The largest absolute Gasteiger partial charge is 0.488 e. The fourth-order valence-corrected chi connectivity index (χ4v) is 2.83. The number of benzene rings is 2. The van der Waals surface area contributed by atoms with Gasteiger partial charge in [-0.05, 0) is 36.4 Å². The van der Waals surface area contributed by atoms with Crippen molar-refractivity contribution in [3.63, 3.8) is 0 Å². The zero-order valence-electron chi connectivity index (χ0n) is 13.8. The van der Waals surface area contributed by atoms with E-state index in [9.17, 15) is 9.59 Å². The van der Waals surface area contributed by atoms with Crippen LogP contribution in [0.25, 0.3) is 6.08 Å². The average molecular weight is 358 g/mol. The Hall–Kier alpha value is -2.79. The van der Waals surface area contributed by atoms with Crippen LogP contribution in [0.5, 0.6) is 5.75 Å². The number of ether oxygens (including phenoxy) is 2. The second-order valence-electron chi connectivity index (χ2n) is 5.51. The number of hydrogen-bond donors (Lipinski definition) is 0. The van der Waals surface area contributed by atoms with E-state index < -0.39 is 5.97 Å². The molecule has 1 amide bonds. The zero-order valence-corrected chi connectivity index (χ0v) is 14.5.